The number of benzene rings is 1. The topological polar surface area (TPSA) is 95.8 Å². The minimum absolute atomic E-state index is 0.0136. The van der Waals surface area contributed by atoms with Crippen molar-refractivity contribution in [2.45, 2.75) is 57.9 Å². The number of thiazole rings is 1. The van der Waals surface area contributed by atoms with Gasteiger partial charge in [-0.15, -0.1) is 11.3 Å². The zero-order valence-corrected chi connectivity index (χ0v) is 24.4. The summed E-state index contributed by atoms with van der Waals surface area (Å²) in [5, 5.41) is 6.36. The number of aromatic nitrogens is 3. The smallest absolute Gasteiger partial charge is 0.382 e. The summed E-state index contributed by atoms with van der Waals surface area (Å²) >= 11 is 6.97. The maximum atomic E-state index is 14.5. The van der Waals surface area contributed by atoms with Crippen molar-refractivity contribution in [2.75, 3.05) is 19.3 Å². The Morgan fingerprint density at radius 1 is 1.20 bits per heavy atom. The van der Waals surface area contributed by atoms with E-state index in [-0.39, 0.29) is 42.6 Å². The lowest BCUT2D eigenvalue weighted by Gasteiger charge is -2.33. The fourth-order valence-electron chi connectivity index (χ4n) is 4.74. The Morgan fingerprint density at radius 2 is 1.88 bits per heavy atom. The van der Waals surface area contributed by atoms with Gasteiger partial charge in [0.15, 0.2) is 5.69 Å². The molecule has 9 nitrogen and oxygen atoms in total. The van der Waals surface area contributed by atoms with Gasteiger partial charge in [0, 0.05) is 41.2 Å². The van der Waals surface area contributed by atoms with E-state index in [1.165, 1.54) is 22.1 Å². The number of rotatable bonds is 6. The molecule has 2 aromatic heterocycles. The van der Waals surface area contributed by atoms with Crippen molar-refractivity contribution in [1.82, 2.24) is 19.7 Å². The summed E-state index contributed by atoms with van der Waals surface area (Å²) in [6, 6.07) is 3.37. The summed E-state index contributed by atoms with van der Waals surface area (Å²) in [6.07, 6.45) is -3.00. The second kappa shape index (κ2) is 11.6. The number of nitrogens with zero attached hydrogens (tertiary/aromatic N) is 4. The number of ether oxygens (including phenoxy) is 2. The molecule has 2 aliphatic heterocycles. The molecule has 4 heterocycles. The van der Waals surface area contributed by atoms with E-state index < -0.39 is 34.1 Å². The third kappa shape index (κ3) is 6.88. The summed E-state index contributed by atoms with van der Waals surface area (Å²) in [7, 11) is -3.83. The van der Waals surface area contributed by atoms with Gasteiger partial charge in [-0.3, -0.25) is 4.68 Å². The molecule has 1 atom stereocenters. The molecule has 5 rings (SSSR count). The van der Waals surface area contributed by atoms with Crippen molar-refractivity contribution in [3.63, 3.8) is 0 Å². The van der Waals surface area contributed by atoms with Crippen LogP contribution in [0.15, 0.2) is 23.6 Å². The number of hydrogen-bond donors (Lipinski definition) is 0. The standard InChI is InChI=1S/C25H26F4N4O5S3/c1-14-9-21(25(27,28)29)31-33(14)10-22(39)32-7-5-15(6-8-32)23-30-19(13-40-23)24-36-11-16-17(12-37-24)20(4-3-18(16)26)38-41(2,34)35/h3-4,9,13,15,24H,5-8,10-12H2,1-2H3. The number of piperidine rings is 1. The predicted octanol–water partition coefficient (Wildman–Crippen LogP) is 5.10. The van der Waals surface area contributed by atoms with Crippen LogP contribution < -0.4 is 4.18 Å². The molecule has 0 aliphatic carbocycles. The zero-order valence-electron chi connectivity index (χ0n) is 22.0. The first-order chi connectivity index (χ1) is 19.3. The number of fused-ring (bicyclic) bond motifs is 1. The Kier molecular flexibility index (Phi) is 8.40. The summed E-state index contributed by atoms with van der Waals surface area (Å²) in [4.78, 5) is 7.22. The van der Waals surface area contributed by atoms with Crippen LogP contribution in [0.25, 0.3) is 0 Å². The Balaban J connectivity index is 1.19. The van der Waals surface area contributed by atoms with Crippen molar-refractivity contribution < 1.29 is 39.6 Å². The van der Waals surface area contributed by atoms with Crippen LogP contribution in [0, 0.1) is 12.7 Å². The molecule has 3 aromatic rings. The van der Waals surface area contributed by atoms with Gasteiger partial charge in [0.2, 0.25) is 6.29 Å². The average molecular weight is 635 g/mol. The van der Waals surface area contributed by atoms with E-state index in [1.54, 1.807) is 6.92 Å². The van der Waals surface area contributed by atoms with Crippen molar-refractivity contribution in [2.24, 2.45) is 0 Å². The molecule has 0 amide bonds. The maximum absolute atomic E-state index is 14.5. The number of alkyl halides is 3. The normalized spacial score (nSPS) is 18.7. The van der Waals surface area contributed by atoms with E-state index in [0.29, 0.717) is 29.5 Å². The van der Waals surface area contributed by atoms with Crippen LogP contribution in [-0.2, 0) is 45.5 Å². The highest BCUT2D eigenvalue weighted by molar-refractivity contribution is 7.86. The van der Waals surface area contributed by atoms with Crippen LogP contribution >= 0.6 is 23.6 Å². The van der Waals surface area contributed by atoms with Gasteiger partial charge in [-0.05, 0) is 38.0 Å². The number of halogens is 4. The van der Waals surface area contributed by atoms with Gasteiger partial charge >= 0.3 is 16.3 Å². The lowest BCUT2D eigenvalue weighted by Crippen LogP contribution is -2.39. The van der Waals surface area contributed by atoms with E-state index in [1.807, 2.05) is 10.3 Å². The molecule has 0 radical (unpaired) electrons. The molecule has 1 unspecified atom stereocenters. The van der Waals surface area contributed by atoms with Crippen molar-refractivity contribution in [3.05, 3.63) is 62.6 Å². The number of thiocarbonyl (C=S) groups is 1. The summed E-state index contributed by atoms with van der Waals surface area (Å²) in [5.41, 5.74) is 0.396. The molecule has 0 bridgehead atoms. The van der Waals surface area contributed by atoms with Gasteiger partial charge in [0.25, 0.3) is 0 Å². The lowest BCUT2D eigenvalue weighted by molar-refractivity contribution is -0.155. The molecule has 2 aliphatic rings. The first-order valence-electron chi connectivity index (χ1n) is 12.6. The highest BCUT2D eigenvalue weighted by atomic mass is 32.2. The summed E-state index contributed by atoms with van der Waals surface area (Å²) in [5.74, 6) is -0.427. The molecule has 41 heavy (non-hydrogen) atoms. The Hall–Kier alpha value is -2.66. The molecule has 0 N–H and O–H groups in total. The average Bonchev–Trinajstić information content (AvgIpc) is 3.46. The quantitative estimate of drug-likeness (QED) is 0.209. The SMILES string of the molecule is Cc1cc(C(F)(F)F)nn1CC(=S)N1CCC(c2nc(C3OCc4c(F)ccc(OS(C)(=O)=O)c4CO3)cs2)CC1. The number of hydrogen-bond acceptors (Lipinski definition) is 9. The molecule has 1 saturated heterocycles. The molecule has 0 spiro atoms. The molecule has 0 saturated carbocycles. The van der Waals surface area contributed by atoms with Crippen LogP contribution in [0.2, 0.25) is 0 Å². The second-order valence-electron chi connectivity index (χ2n) is 9.84. The highest BCUT2D eigenvalue weighted by Crippen LogP contribution is 2.37. The third-order valence-corrected chi connectivity index (χ3v) is 8.76. The van der Waals surface area contributed by atoms with Gasteiger partial charge in [0.1, 0.15) is 17.3 Å². The van der Waals surface area contributed by atoms with Gasteiger partial charge in [-0.1, -0.05) is 12.2 Å². The van der Waals surface area contributed by atoms with Crippen molar-refractivity contribution in [3.8, 4) is 5.75 Å². The fraction of sp³-hybridized carbons (Fsp3) is 0.480. The largest absolute Gasteiger partial charge is 0.435 e. The molecular weight excluding hydrogens is 608 g/mol. The molecular formula is C25H26F4N4O5S3. The monoisotopic (exact) mass is 634 g/mol. The van der Waals surface area contributed by atoms with Gasteiger partial charge in [0.05, 0.1) is 36.0 Å². The predicted molar refractivity (Wildman–Crippen MR) is 144 cm³/mol. The van der Waals surface area contributed by atoms with Crippen LogP contribution in [0.4, 0.5) is 17.6 Å². The fourth-order valence-corrected chi connectivity index (χ4v) is 6.52. The van der Waals surface area contributed by atoms with Gasteiger partial charge < -0.3 is 18.6 Å². The number of likely N-dealkylation sites (tertiary alicyclic amines) is 1. The van der Waals surface area contributed by atoms with E-state index in [0.717, 1.165) is 36.2 Å². The van der Waals surface area contributed by atoms with E-state index in [9.17, 15) is 26.0 Å². The number of aryl methyl sites for hydroxylation is 1. The summed E-state index contributed by atoms with van der Waals surface area (Å²) in [6.45, 7) is 2.62. The van der Waals surface area contributed by atoms with Gasteiger partial charge in [-0.2, -0.15) is 26.7 Å². The Labute approximate surface area is 243 Å². The lowest BCUT2D eigenvalue weighted by atomic mass is 9.97. The zero-order chi connectivity index (χ0) is 29.5. The van der Waals surface area contributed by atoms with E-state index in [2.05, 4.69) is 5.10 Å². The van der Waals surface area contributed by atoms with Crippen LogP contribution in [-0.4, -0.2) is 52.4 Å². The minimum atomic E-state index is -4.51. The van der Waals surface area contributed by atoms with Crippen LogP contribution in [0.3, 0.4) is 0 Å². The van der Waals surface area contributed by atoms with Gasteiger partial charge in [-0.25, -0.2) is 9.37 Å². The highest BCUT2D eigenvalue weighted by Gasteiger charge is 2.35. The van der Waals surface area contributed by atoms with E-state index in [4.69, 9.17) is 30.9 Å². The molecule has 222 valence electrons. The third-order valence-electron chi connectivity index (χ3n) is 6.87. The molecule has 16 heteroatoms. The minimum Gasteiger partial charge on any atom is -0.382 e. The Morgan fingerprint density at radius 3 is 2.51 bits per heavy atom. The molecule has 1 aromatic carbocycles. The van der Waals surface area contributed by atoms with E-state index >= 15 is 0 Å². The van der Waals surface area contributed by atoms with Crippen LogP contribution in [0.5, 0.6) is 5.75 Å². The van der Waals surface area contributed by atoms with Crippen molar-refractivity contribution in [1.29, 1.82) is 0 Å². The van der Waals surface area contributed by atoms with Crippen LogP contribution in [0.1, 0.15) is 58.3 Å². The molecule has 1 fully saturated rings. The first-order valence-corrected chi connectivity index (χ1v) is 15.7. The second-order valence-corrected chi connectivity index (χ2v) is 12.8. The Bertz CT molecular complexity index is 1550. The first kappa shape index (κ1) is 29.8. The maximum Gasteiger partial charge on any atom is 0.435 e. The summed E-state index contributed by atoms with van der Waals surface area (Å²) < 4.78 is 94.6. The van der Waals surface area contributed by atoms with Crippen molar-refractivity contribution >= 4 is 38.7 Å².